The first kappa shape index (κ1) is 24.0. The molecule has 5 heteroatoms. The monoisotopic (exact) mass is 537 g/mol. The summed E-state index contributed by atoms with van der Waals surface area (Å²) in [6.45, 7) is 0. The maximum absolute atomic E-state index is 5.22. The van der Waals surface area contributed by atoms with E-state index in [1.807, 2.05) is 72.9 Å². The van der Waals surface area contributed by atoms with Crippen molar-refractivity contribution in [2.24, 2.45) is 0 Å². The van der Waals surface area contributed by atoms with Crippen molar-refractivity contribution in [1.29, 1.82) is 0 Å². The quantitative estimate of drug-likeness (QED) is 0.210. The summed E-state index contributed by atoms with van der Waals surface area (Å²) in [5.41, 5.74) is 5.51. The molecule has 5 nitrogen and oxygen atoms in total. The smallest absolute Gasteiger partial charge is 0.164 e. The van der Waals surface area contributed by atoms with Crippen molar-refractivity contribution in [3.05, 3.63) is 140 Å². The fourth-order valence-corrected chi connectivity index (χ4v) is 5.57. The van der Waals surface area contributed by atoms with Crippen LogP contribution >= 0.6 is 0 Å². The number of hydrogen-bond donors (Lipinski definition) is 0. The minimum atomic E-state index is 0.604. The largest absolute Gasteiger partial charge is 0.264 e. The Hall–Kier alpha value is -5.81. The Morgan fingerprint density at radius 3 is 1.71 bits per heavy atom. The third-order valence-electron chi connectivity index (χ3n) is 7.58. The maximum Gasteiger partial charge on any atom is 0.164 e. The zero-order chi connectivity index (χ0) is 27.9. The van der Waals surface area contributed by atoms with Crippen molar-refractivity contribution in [3.8, 4) is 45.4 Å². The van der Waals surface area contributed by atoms with Crippen molar-refractivity contribution in [1.82, 2.24) is 24.9 Å². The van der Waals surface area contributed by atoms with Crippen LogP contribution in [0.2, 0.25) is 0 Å². The first-order chi connectivity index (χ1) is 20.8. The molecule has 3 heterocycles. The van der Waals surface area contributed by atoms with Gasteiger partial charge in [0.15, 0.2) is 17.5 Å². The van der Waals surface area contributed by atoms with Gasteiger partial charge in [0.1, 0.15) is 0 Å². The number of fused-ring (bicyclic) bond motifs is 5. The predicted molar refractivity (Wildman–Crippen MR) is 170 cm³/mol. The van der Waals surface area contributed by atoms with Crippen molar-refractivity contribution < 1.29 is 0 Å². The van der Waals surface area contributed by atoms with Gasteiger partial charge in [0.05, 0.1) is 11.2 Å². The van der Waals surface area contributed by atoms with E-state index in [4.69, 9.17) is 19.9 Å². The Kier molecular flexibility index (Phi) is 5.71. The third kappa shape index (κ3) is 4.16. The van der Waals surface area contributed by atoms with E-state index in [1.54, 1.807) is 6.20 Å². The topological polar surface area (TPSA) is 64.5 Å². The van der Waals surface area contributed by atoms with Crippen molar-refractivity contribution in [3.63, 3.8) is 0 Å². The van der Waals surface area contributed by atoms with Crippen LogP contribution in [0, 0.1) is 0 Å². The minimum absolute atomic E-state index is 0.604. The highest BCUT2D eigenvalue weighted by Gasteiger charge is 2.16. The summed E-state index contributed by atoms with van der Waals surface area (Å²) >= 11 is 0. The summed E-state index contributed by atoms with van der Waals surface area (Å²) in [6, 6.07) is 43.2. The predicted octanol–water partition coefficient (Wildman–Crippen LogP) is 8.79. The van der Waals surface area contributed by atoms with Gasteiger partial charge in [-0.2, -0.15) is 0 Å². The lowest BCUT2D eigenvalue weighted by Crippen LogP contribution is -2.00. The molecule has 0 saturated heterocycles. The molecule has 0 bridgehead atoms. The van der Waals surface area contributed by atoms with Gasteiger partial charge in [-0.15, -0.1) is 0 Å². The van der Waals surface area contributed by atoms with E-state index in [9.17, 15) is 0 Å². The van der Waals surface area contributed by atoms with Crippen molar-refractivity contribution >= 4 is 32.4 Å². The van der Waals surface area contributed by atoms with Gasteiger partial charge in [0.2, 0.25) is 0 Å². The highest BCUT2D eigenvalue weighted by molar-refractivity contribution is 6.22. The molecule has 42 heavy (non-hydrogen) atoms. The van der Waals surface area contributed by atoms with E-state index in [1.165, 1.54) is 16.2 Å². The van der Waals surface area contributed by atoms with Crippen LogP contribution in [0.15, 0.2) is 140 Å². The Morgan fingerprint density at radius 1 is 0.405 bits per heavy atom. The molecule has 196 valence electrons. The van der Waals surface area contributed by atoms with Crippen LogP contribution in [-0.2, 0) is 0 Å². The van der Waals surface area contributed by atoms with Crippen molar-refractivity contribution in [2.75, 3.05) is 0 Å². The average molecular weight is 538 g/mol. The van der Waals surface area contributed by atoms with E-state index >= 15 is 0 Å². The highest BCUT2D eigenvalue weighted by atomic mass is 15.0. The standard InChI is InChI=1S/C37H23N5/c1-3-11-25(12-4-1)35-40-36(26-13-5-2-6-14-26)42-37(41-35)27-18-19-30-32(22-27)39-34(28-15-9-21-38-23-28)31-20-17-24-10-7-8-16-29(24)33(30)31/h1-23H. The number of rotatable bonds is 4. The molecule has 8 rings (SSSR count). The van der Waals surface area contributed by atoms with Crippen LogP contribution in [0.3, 0.4) is 0 Å². The number of nitrogens with zero attached hydrogens (tertiary/aromatic N) is 5. The molecule has 0 spiro atoms. The van der Waals surface area contributed by atoms with Gasteiger partial charge in [-0.3, -0.25) is 4.98 Å². The second-order valence-corrected chi connectivity index (χ2v) is 10.2. The van der Waals surface area contributed by atoms with Gasteiger partial charge in [0.25, 0.3) is 0 Å². The molecular formula is C37H23N5. The van der Waals surface area contributed by atoms with Gasteiger partial charge in [0, 0.05) is 50.8 Å². The van der Waals surface area contributed by atoms with Crippen LogP contribution in [0.1, 0.15) is 0 Å². The Labute approximate surface area is 242 Å². The van der Waals surface area contributed by atoms with Crippen LogP contribution in [0.4, 0.5) is 0 Å². The van der Waals surface area contributed by atoms with E-state index in [0.29, 0.717) is 17.5 Å². The number of hydrogen-bond acceptors (Lipinski definition) is 5. The minimum Gasteiger partial charge on any atom is -0.264 e. The molecule has 0 saturated carbocycles. The Balaban J connectivity index is 1.40. The van der Waals surface area contributed by atoms with Crippen LogP contribution < -0.4 is 0 Å². The fourth-order valence-electron chi connectivity index (χ4n) is 5.57. The zero-order valence-electron chi connectivity index (χ0n) is 22.5. The Bertz CT molecular complexity index is 2170. The van der Waals surface area contributed by atoms with Gasteiger partial charge in [-0.25, -0.2) is 19.9 Å². The Morgan fingerprint density at radius 2 is 1.02 bits per heavy atom. The molecule has 0 radical (unpaired) electrons. The summed E-state index contributed by atoms with van der Waals surface area (Å²) in [6.07, 6.45) is 3.66. The second-order valence-electron chi connectivity index (χ2n) is 10.2. The molecule has 8 aromatic rings. The normalized spacial score (nSPS) is 11.3. The summed E-state index contributed by atoms with van der Waals surface area (Å²) in [5.74, 6) is 1.87. The zero-order valence-corrected chi connectivity index (χ0v) is 22.5. The van der Waals surface area contributed by atoms with E-state index < -0.39 is 0 Å². The second kappa shape index (κ2) is 9.98. The molecule has 3 aromatic heterocycles. The molecule has 0 aliphatic rings. The number of pyridine rings is 2. The summed E-state index contributed by atoms with van der Waals surface area (Å²) in [7, 11) is 0. The SMILES string of the molecule is c1ccc(-c2nc(-c3ccccc3)nc(-c3ccc4c(c3)nc(-c3cccnc3)c3ccc5ccccc5c34)n2)cc1. The summed E-state index contributed by atoms with van der Waals surface area (Å²) in [4.78, 5) is 24.3. The first-order valence-corrected chi connectivity index (χ1v) is 13.8. The first-order valence-electron chi connectivity index (χ1n) is 13.8. The van der Waals surface area contributed by atoms with Gasteiger partial charge >= 0.3 is 0 Å². The third-order valence-corrected chi connectivity index (χ3v) is 7.58. The van der Waals surface area contributed by atoms with Gasteiger partial charge in [-0.05, 0) is 29.0 Å². The molecule has 0 N–H and O–H groups in total. The molecule has 5 aromatic carbocycles. The lowest BCUT2D eigenvalue weighted by atomic mass is 9.95. The molecule has 0 aliphatic heterocycles. The van der Waals surface area contributed by atoms with Gasteiger partial charge < -0.3 is 0 Å². The van der Waals surface area contributed by atoms with Crippen molar-refractivity contribution in [2.45, 2.75) is 0 Å². The lowest BCUT2D eigenvalue weighted by molar-refractivity contribution is 1.07. The maximum atomic E-state index is 5.22. The number of benzene rings is 5. The molecule has 0 unspecified atom stereocenters. The molecule has 0 atom stereocenters. The van der Waals surface area contributed by atoms with E-state index in [-0.39, 0.29) is 0 Å². The molecule has 0 aliphatic carbocycles. The molecule has 0 fully saturated rings. The van der Waals surface area contributed by atoms with E-state index in [0.717, 1.165) is 44.2 Å². The average Bonchev–Trinajstić information content (AvgIpc) is 3.08. The van der Waals surface area contributed by atoms with Gasteiger partial charge in [-0.1, -0.05) is 109 Å². The van der Waals surface area contributed by atoms with Crippen LogP contribution in [-0.4, -0.2) is 24.9 Å². The fraction of sp³-hybridized carbons (Fsp3) is 0. The van der Waals surface area contributed by atoms with Crippen LogP contribution in [0.25, 0.3) is 77.9 Å². The van der Waals surface area contributed by atoms with E-state index in [2.05, 4.69) is 65.6 Å². The van der Waals surface area contributed by atoms with Crippen LogP contribution in [0.5, 0.6) is 0 Å². The summed E-state index contributed by atoms with van der Waals surface area (Å²) < 4.78 is 0. The summed E-state index contributed by atoms with van der Waals surface area (Å²) in [5, 5.41) is 5.74. The molecule has 0 amide bonds. The number of aromatic nitrogens is 5. The highest BCUT2D eigenvalue weighted by Crippen LogP contribution is 2.38. The lowest BCUT2D eigenvalue weighted by Gasteiger charge is -2.14. The molecular weight excluding hydrogens is 514 g/mol.